The third-order valence-electron chi connectivity index (χ3n) is 2.49. The Hall–Kier alpha value is -1.82. The van der Waals surface area contributed by atoms with Gasteiger partial charge in [-0.1, -0.05) is 6.07 Å². The van der Waals surface area contributed by atoms with E-state index in [2.05, 4.69) is 0 Å². The van der Waals surface area contributed by atoms with E-state index in [1.165, 1.54) is 0 Å². The highest BCUT2D eigenvalue weighted by Gasteiger charge is 2.19. The average molecular weight is 201 g/mol. The number of carbonyl (C=O) groups is 1. The predicted octanol–water partition coefficient (Wildman–Crippen LogP) is 2.11. The molecule has 0 spiro atoms. The Labute approximate surface area is 88.3 Å². The molecule has 0 unspecified atom stereocenters. The Morgan fingerprint density at radius 1 is 1.40 bits per heavy atom. The van der Waals surface area contributed by atoms with Gasteiger partial charge in [-0.25, -0.2) is 0 Å². The van der Waals surface area contributed by atoms with Gasteiger partial charge in [0.05, 0.1) is 12.5 Å². The fourth-order valence-corrected chi connectivity index (χ4v) is 1.72. The van der Waals surface area contributed by atoms with Crippen LogP contribution in [0.3, 0.4) is 0 Å². The van der Waals surface area contributed by atoms with Crippen molar-refractivity contribution >= 4 is 5.78 Å². The van der Waals surface area contributed by atoms with Crippen molar-refractivity contribution in [2.45, 2.75) is 19.3 Å². The van der Waals surface area contributed by atoms with Gasteiger partial charge in [-0.15, -0.1) is 0 Å². The van der Waals surface area contributed by atoms with Gasteiger partial charge in [0.25, 0.3) is 0 Å². The minimum absolute atomic E-state index is 0.190. The zero-order valence-electron chi connectivity index (χ0n) is 8.32. The first-order chi connectivity index (χ1) is 7.31. The molecule has 3 heteroatoms. The number of fused-ring (bicyclic) bond motifs is 1. The van der Waals surface area contributed by atoms with E-state index in [0.29, 0.717) is 25.2 Å². The highest BCUT2D eigenvalue weighted by molar-refractivity contribution is 6.00. The van der Waals surface area contributed by atoms with Crippen LogP contribution in [-0.2, 0) is 6.42 Å². The van der Waals surface area contributed by atoms with E-state index in [1.54, 1.807) is 6.07 Å². The van der Waals surface area contributed by atoms with Gasteiger partial charge in [-0.3, -0.25) is 4.79 Å². The standard InChI is InChI=1S/C12H11NO2/c13-6-1-7-15-10-4-2-9-3-5-12(14)11(9)8-10/h2,4,8H,1,3,5,7H2. The number of ether oxygens (including phenoxy) is 1. The highest BCUT2D eigenvalue weighted by atomic mass is 16.5. The van der Waals surface area contributed by atoms with Crippen LogP contribution >= 0.6 is 0 Å². The summed E-state index contributed by atoms with van der Waals surface area (Å²) >= 11 is 0. The van der Waals surface area contributed by atoms with Gasteiger partial charge in [-0.05, 0) is 24.1 Å². The highest BCUT2D eigenvalue weighted by Crippen LogP contribution is 2.26. The number of hydrogen-bond donors (Lipinski definition) is 0. The molecule has 0 saturated heterocycles. The second kappa shape index (κ2) is 4.14. The Balaban J connectivity index is 2.12. The van der Waals surface area contributed by atoms with Crippen LogP contribution in [0.2, 0.25) is 0 Å². The summed E-state index contributed by atoms with van der Waals surface area (Å²) < 4.78 is 5.35. The molecule has 0 aliphatic heterocycles. The zero-order valence-corrected chi connectivity index (χ0v) is 8.32. The molecule has 15 heavy (non-hydrogen) atoms. The number of nitriles is 1. The van der Waals surface area contributed by atoms with Crippen molar-refractivity contribution in [1.82, 2.24) is 0 Å². The van der Waals surface area contributed by atoms with Gasteiger partial charge in [0.15, 0.2) is 5.78 Å². The molecule has 76 valence electrons. The second-order valence-electron chi connectivity index (χ2n) is 3.50. The number of Topliss-reactive ketones (excluding diaryl/α,β-unsaturated/α-hetero) is 1. The molecule has 1 aromatic carbocycles. The van der Waals surface area contributed by atoms with Crippen molar-refractivity contribution in [3.05, 3.63) is 29.3 Å². The van der Waals surface area contributed by atoms with Crippen LogP contribution in [0, 0.1) is 11.3 Å². The average Bonchev–Trinajstić information content (AvgIpc) is 2.61. The summed E-state index contributed by atoms with van der Waals surface area (Å²) in [5, 5.41) is 8.36. The summed E-state index contributed by atoms with van der Waals surface area (Å²) in [6, 6.07) is 7.58. The van der Waals surface area contributed by atoms with Crippen molar-refractivity contribution in [1.29, 1.82) is 5.26 Å². The van der Waals surface area contributed by atoms with Gasteiger partial charge in [0.1, 0.15) is 12.4 Å². The molecule has 1 aromatic rings. The van der Waals surface area contributed by atoms with Gasteiger partial charge < -0.3 is 4.74 Å². The van der Waals surface area contributed by atoms with Crippen LogP contribution in [0.25, 0.3) is 0 Å². The van der Waals surface area contributed by atoms with Crippen LogP contribution in [0.15, 0.2) is 18.2 Å². The van der Waals surface area contributed by atoms with Crippen LogP contribution in [0.4, 0.5) is 0 Å². The number of nitrogens with zero attached hydrogens (tertiary/aromatic N) is 1. The number of hydrogen-bond acceptors (Lipinski definition) is 3. The van der Waals surface area contributed by atoms with Gasteiger partial charge in [0, 0.05) is 12.0 Å². The van der Waals surface area contributed by atoms with E-state index < -0.39 is 0 Å². The van der Waals surface area contributed by atoms with Crippen LogP contribution in [0.5, 0.6) is 5.75 Å². The number of rotatable bonds is 3. The first-order valence-corrected chi connectivity index (χ1v) is 4.97. The fourth-order valence-electron chi connectivity index (χ4n) is 1.72. The van der Waals surface area contributed by atoms with Crippen molar-refractivity contribution in [3.8, 4) is 11.8 Å². The molecule has 1 aliphatic rings. The molecule has 2 rings (SSSR count). The Morgan fingerprint density at radius 3 is 3.07 bits per heavy atom. The lowest BCUT2D eigenvalue weighted by Crippen LogP contribution is -1.98. The van der Waals surface area contributed by atoms with Crippen molar-refractivity contribution in [3.63, 3.8) is 0 Å². The number of carbonyl (C=O) groups excluding carboxylic acids is 1. The summed E-state index contributed by atoms with van der Waals surface area (Å²) in [4.78, 5) is 11.4. The monoisotopic (exact) mass is 201 g/mol. The van der Waals surface area contributed by atoms with E-state index in [9.17, 15) is 4.79 Å². The molecule has 0 aromatic heterocycles. The molecule has 3 nitrogen and oxygen atoms in total. The topological polar surface area (TPSA) is 50.1 Å². The molecule has 0 atom stereocenters. The molecule has 0 heterocycles. The van der Waals surface area contributed by atoms with Gasteiger partial charge in [0.2, 0.25) is 0 Å². The molecule has 0 N–H and O–H groups in total. The van der Waals surface area contributed by atoms with E-state index in [-0.39, 0.29) is 5.78 Å². The Morgan fingerprint density at radius 2 is 2.27 bits per heavy atom. The maximum absolute atomic E-state index is 11.4. The molecular formula is C12H11NO2. The Bertz CT molecular complexity index is 432. The third kappa shape index (κ3) is 1.99. The molecule has 0 amide bonds. The maximum Gasteiger partial charge on any atom is 0.163 e. The second-order valence-corrected chi connectivity index (χ2v) is 3.50. The summed E-state index contributed by atoms with van der Waals surface area (Å²) in [6.07, 6.45) is 1.81. The lowest BCUT2D eigenvalue weighted by molar-refractivity contribution is 0.0994. The summed E-state index contributed by atoms with van der Waals surface area (Å²) in [5.74, 6) is 0.870. The third-order valence-corrected chi connectivity index (χ3v) is 2.49. The zero-order chi connectivity index (χ0) is 10.7. The van der Waals surface area contributed by atoms with E-state index >= 15 is 0 Å². The van der Waals surface area contributed by atoms with Crippen molar-refractivity contribution in [2.75, 3.05) is 6.61 Å². The van der Waals surface area contributed by atoms with Crippen molar-refractivity contribution in [2.24, 2.45) is 0 Å². The fraction of sp³-hybridized carbons (Fsp3) is 0.333. The molecule has 0 saturated carbocycles. The normalized spacial score (nSPS) is 13.4. The quantitative estimate of drug-likeness (QED) is 0.704. The smallest absolute Gasteiger partial charge is 0.163 e. The summed E-state index contributed by atoms with van der Waals surface area (Å²) in [7, 11) is 0. The van der Waals surface area contributed by atoms with Crippen LogP contribution < -0.4 is 4.74 Å². The number of benzene rings is 1. The van der Waals surface area contributed by atoms with Crippen LogP contribution in [0.1, 0.15) is 28.8 Å². The molecule has 0 radical (unpaired) electrons. The minimum atomic E-state index is 0.190. The van der Waals surface area contributed by atoms with Gasteiger partial charge >= 0.3 is 0 Å². The summed E-state index contributed by atoms with van der Waals surface area (Å²) in [5.41, 5.74) is 1.89. The lowest BCUT2D eigenvalue weighted by Gasteiger charge is -2.05. The van der Waals surface area contributed by atoms with Crippen molar-refractivity contribution < 1.29 is 9.53 Å². The predicted molar refractivity (Wildman–Crippen MR) is 54.8 cm³/mol. The maximum atomic E-state index is 11.4. The van der Waals surface area contributed by atoms with E-state index in [4.69, 9.17) is 10.00 Å². The number of ketones is 1. The molecular weight excluding hydrogens is 190 g/mol. The molecule has 0 bridgehead atoms. The largest absolute Gasteiger partial charge is 0.493 e. The first-order valence-electron chi connectivity index (χ1n) is 4.97. The van der Waals surface area contributed by atoms with Gasteiger partial charge in [-0.2, -0.15) is 5.26 Å². The van der Waals surface area contributed by atoms with E-state index in [1.807, 2.05) is 18.2 Å². The molecule has 0 fully saturated rings. The lowest BCUT2D eigenvalue weighted by atomic mass is 10.1. The number of aryl methyl sites for hydroxylation is 1. The van der Waals surface area contributed by atoms with Crippen LogP contribution in [-0.4, -0.2) is 12.4 Å². The summed E-state index contributed by atoms with van der Waals surface area (Å²) in [6.45, 7) is 0.378. The SMILES string of the molecule is N#CCCOc1ccc2c(c1)C(=O)CC2. The Kier molecular flexibility index (Phi) is 2.68. The van der Waals surface area contributed by atoms with E-state index in [0.717, 1.165) is 17.5 Å². The first kappa shape index (κ1) is 9.72. The minimum Gasteiger partial charge on any atom is -0.493 e. The molecule has 1 aliphatic carbocycles.